The summed E-state index contributed by atoms with van der Waals surface area (Å²) in [6.07, 6.45) is 0. The van der Waals surface area contributed by atoms with Gasteiger partial charge in [0, 0.05) is 5.02 Å². The molecule has 0 spiro atoms. The third-order valence-corrected chi connectivity index (χ3v) is 3.08. The van der Waals surface area contributed by atoms with Gasteiger partial charge in [-0.1, -0.05) is 29.8 Å². The van der Waals surface area contributed by atoms with Crippen LogP contribution in [0.5, 0.6) is 5.75 Å². The minimum atomic E-state index is -1.02. The van der Waals surface area contributed by atoms with Crippen LogP contribution in [0.4, 0.5) is 5.69 Å². The number of halogens is 1. The minimum absolute atomic E-state index is 0.277. The van der Waals surface area contributed by atoms with Crippen LogP contribution >= 0.6 is 11.6 Å². The van der Waals surface area contributed by atoms with E-state index in [1.54, 1.807) is 38.1 Å². The summed E-state index contributed by atoms with van der Waals surface area (Å²) in [6, 6.07) is 16.2. The molecule has 0 radical (unpaired) electrons. The maximum absolute atomic E-state index is 12.2. The van der Waals surface area contributed by atoms with Crippen LogP contribution in [0.25, 0.3) is 0 Å². The molecular weight excluding hydrogens is 288 g/mol. The molecule has 0 saturated carbocycles. The highest BCUT2D eigenvalue weighted by Crippen LogP contribution is 2.21. The predicted octanol–water partition coefficient (Wildman–Crippen LogP) is 3.64. The van der Waals surface area contributed by atoms with Crippen molar-refractivity contribution in [1.82, 2.24) is 5.43 Å². The fourth-order valence-corrected chi connectivity index (χ4v) is 1.77. The standard InChI is InChI=1S/C16H17ClN2O2/c1-16(2,21-14-10-8-12(17)9-11-14)15(20)19-18-13-6-4-3-5-7-13/h3-11,18H,1-2H3,(H,19,20). The van der Waals surface area contributed by atoms with Crippen LogP contribution in [0.3, 0.4) is 0 Å². The van der Waals surface area contributed by atoms with Gasteiger partial charge >= 0.3 is 0 Å². The van der Waals surface area contributed by atoms with Crippen LogP contribution < -0.4 is 15.6 Å². The molecule has 5 heteroatoms. The van der Waals surface area contributed by atoms with Gasteiger partial charge in [0.1, 0.15) is 5.75 Å². The molecule has 2 aromatic carbocycles. The first-order chi connectivity index (χ1) is 9.97. The largest absolute Gasteiger partial charge is 0.478 e. The van der Waals surface area contributed by atoms with Gasteiger partial charge in [-0.25, -0.2) is 0 Å². The number of anilines is 1. The minimum Gasteiger partial charge on any atom is -0.478 e. The molecule has 0 unspecified atom stereocenters. The highest BCUT2D eigenvalue weighted by molar-refractivity contribution is 6.30. The Morgan fingerprint density at radius 3 is 2.29 bits per heavy atom. The summed E-state index contributed by atoms with van der Waals surface area (Å²) in [6.45, 7) is 3.40. The van der Waals surface area contributed by atoms with E-state index in [1.165, 1.54) is 0 Å². The molecule has 0 atom stereocenters. The van der Waals surface area contributed by atoms with Crippen LogP contribution in [0.15, 0.2) is 54.6 Å². The normalized spacial score (nSPS) is 10.8. The molecule has 0 aliphatic rings. The van der Waals surface area contributed by atoms with Gasteiger partial charge in [0.15, 0.2) is 5.60 Å². The van der Waals surface area contributed by atoms with Crippen molar-refractivity contribution in [2.75, 3.05) is 5.43 Å². The van der Waals surface area contributed by atoms with Crippen molar-refractivity contribution in [3.05, 3.63) is 59.6 Å². The van der Waals surface area contributed by atoms with E-state index >= 15 is 0 Å². The smallest absolute Gasteiger partial charge is 0.281 e. The highest BCUT2D eigenvalue weighted by Gasteiger charge is 2.29. The molecular formula is C16H17ClN2O2. The Balaban J connectivity index is 1.95. The van der Waals surface area contributed by atoms with Gasteiger partial charge in [0.05, 0.1) is 5.69 Å². The molecule has 2 rings (SSSR count). The van der Waals surface area contributed by atoms with Crippen molar-refractivity contribution in [3.8, 4) is 5.75 Å². The van der Waals surface area contributed by atoms with Crippen LogP contribution in [-0.2, 0) is 4.79 Å². The van der Waals surface area contributed by atoms with Gasteiger partial charge in [0.2, 0.25) is 0 Å². The molecule has 21 heavy (non-hydrogen) atoms. The zero-order valence-corrected chi connectivity index (χ0v) is 12.6. The maximum atomic E-state index is 12.2. The van der Waals surface area contributed by atoms with Crippen molar-refractivity contribution in [1.29, 1.82) is 0 Å². The zero-order valence-electron chi connectivity index (χ0n) is 11.9. The summed E-state index contributed by atoms with van der Waals surface area (Å²) >= 11 is 5.82. The number of ether oxygens (including phenoxy) is 1. The highest BCUT2D eigenvalue weighted by atomic mass is 35.5. The first-order valence-corrected chi connectivity index (χ1v) is 6.91. The fraction of sp³-hybridized carbons (Fsp3) is 0.188. The van der Waals surface area contributed by atoms with E-state index in [0.29, 0.717) is 10.8 Å². The lowest BCUT2D eigenvalue weighted by Crippen LogP contribution is -2.48. The monoisotopic (exact) mass is 304 g/mol. The lowest BCUT2D eigenvalue weighted by molar-refractivity contribution is -0.133. The maximum Gasteiger partial charge on any atom is 0.281 e. The molecule has 4 nitrogen and oxygen atoms in total. The number of hydrogen-bond acceptors (Lipinski definition) is 3. The first kappa shape index (κ1) is 15.2. The molecule has 0 heterocycles. The fourth-order valence-electron chi connectivity index (χ4n) is 1.64. The van der Waals surface area contributed by atoms with Gasteiger partial charge in [-0.05, 0) is 50.2 Å². The Kier molecular flexibility index (Phi) is 4.70. The van der Waals surface area contributed by atoms with E-state index in [4.69, 9.17) is 16.3 Å². The second-order valence-electron chi connectivity index (χ2n) is 5.01. The van der Waals surface area contributed by atoms with Crippen molar-refractivity contribution in [2.24, 2.45) is 0 Å². The Labute approximate surface area is 129 Å². The van der Waals surface area contributed by atoms with Crippen LogP contribution in [-0.4, -0.2) is 11.5 Å². The number of carbonyl (C=O) groups excluding carboxylic acids is 1. The van der Waals surface area contributed by atoms with Gasteiger partial charge in [-0.3, -0.25) is 15.6 Å². The number of para-hydroxylation sites is 1. The topological polar surface area (TPSA) is 50.4 Å². The van der Waals surface area contributed by atoms with Gasteiger partial charge in [-0.2, -0.15) is 0 Å². The van der Waals surface area contributed by atoms with Gasteiger partial charge in [-0.15, -0.1) is 0 Å². The van der Waals surface area contributed by atoms with E-state index in [9.17, 15) is 4.79 Å². The average molecular weight is 305 g/mol. The van der Waals surface area contributed by atoms with Crippen LogP contribution in [0.2, 0.25) is 5.02 Å². The molecule has 0 fully saturated rings. The molecule has 2 N–H and O–H groups in total. The van der Waals surface area contributed by atoms with E-state index in [0.717, 1.165) is 5.69 Å². The molecule has 0 saturated heterocycles. The Morgan fingerprint density at radius 2 is 1.67 bits per heavy atom. The lowest BCUT2D eigenvalue weighted by atomic mass is 10.1. The average Bonchev–Trinajstić information content (AvgIpc) is 2.48. The number of benzene rings is 2. The first-order valence-electron chi connectivity index (χ1n) is 6.53. The van der Waals surface area contributed by atoms with Crippen LogP contribution in [0, 0.1) is 0 Å². The molecule has 110 valence electrons. The predicted molar refractivity (Wildman–Crippen MR) is 84.4 cm³/mol. The SMILES string of the molecule is CC(C)(Oc1ccc(Cl)cc1)C(=O)NNc1ccccc1. The van der Waals surface area contributed by atoms with Crippen molar-refractivity contribution in [3.63, 3.8) is 0 Å². The molecule has 1 amide bonds. The molecule has 0 aromatic heterocycles. The van der Waals surface area contributed by atoms with E-state index in [2.05, 4.69) is 10.9 Å². The van der Waals surface area contributed by atoms with Crippen molar-refractivity contribution in [2.45, 2.75) is 19.4 Å². The van der Waals surface area contributed by atoms with E-state index in [-0.39, 0.29) is 5.91 Å². The summed E-state index contributed by atoms with van der Waals surface area (Å²) < 4.78 is 5.70. The number of carbonyl (C=O) groups is 1. The van der Waals surface area contributed by atoms with Gasteiger partial charge < -0.3 is 4.74 Å². The molecule has 0 aliphatic carbocycles. The number of nitrogens with one attached hydrogen (secondary N) is 2. The number of rotatable bonds is 5. The Morgan fingerprint density at radius 1 is 1.05 bits per heavy atom. The number of hydrogen-bond donors (Lipinski definition) is 2. The third-order valence-electron chi connectivity index (χ3n) is 2.83. The quantitative estimate of drug-likeness (QED) is 0.829. The van der Waals surface area contributed by atoms with Crippen molar-refractivity contribution >= 4 is 23.2 Å². The van der Waals surface area contributed by atoms with E-state index < -0.39 is 5.60 Å². The summed E-state index contributed by atoms with van der Waals surface area (Å²) in [5, 5.41) is 0.621. The molecule has 0 bridgehead atoms. The summed E-state index contributed by atoms with van der Waals surface area (Å²) in [5.41, 5.74) is 5.26. The number of hydrazine groups is 1. The van der Waals surface area contributed by atoms with Gasteiger partial charge in [0.25, 0.3) is 5.91 Å². The van der Waals surface area contributed by atoms with E-state index in [1.807, 2.05) is 30.3 Å². The summed E-state index contributed by atoms with van der Waals surface area (Å²) in [4.78, 5) is 12.2. The lowest BCUT2D eigenvalue weighted by Gasteiger charge is -2.25. The Hall–Kier alpha value is -2.20. The second-order valence-corrected chi connectivity index (χ2v) is 5.45. The number of amides is 1. The van der Waals surface area contributed by atoms with Crippen molar-refractivity contribution < 1.29 is 9.53 Å². The second kappa shape index (κ2) is 6.50. The Bertz CT molecular complexity index is 597. The summed E-state index contributed by atoms with van der Waals surface area (Å²) in [7, 11) is 0. The zero-order chi connectivity index (χ0) is 15.3. The molecule has 2 aromatic rings. The van der Waals surface area contributed by atoms with Crippen LogP contribution in [0.1, 0.15) is 13.8 Å². The molecule has 0 aliphatic heterocycles. The third kappa shape index (κ3) is 4.39. The summed E-state index contributed by atoms with van der Waals surface area (Å²) in [5.74, 6) is 0.306.